The fourth-order valence-electron chi connectivity index (χ4n) is 6.39. The zero-order chi connectivity index (χ0) is 22.2. The summed E-state index contributed by atoms with van der Waals surface area (Å²) in [6.45, 7) is 8.52. The number of benzene rings is 3. The van der Waals surface area contributed by atoms with Gasteiger partial charge in [0.05, 0.1) is 0 Å². The maximum atomic E-state index is 6.30. The van der Waals surface area contributed by atoms with E-state index in [9.17, 15) is 0 Å². The first-order valence-electron chi connectivity index (χ1n) is 12.0. The molecule has 3 aliphatic rings. The Morgan fingerprint density at radius 3 is 1.75 bits per heavy atom. The number of hydrogen-bond donors (Lipinski definition) is 0. The Balaban J connectivity index is 1.46. The number of hydrogen-bond acceptors (Lipinski definition) is 2. The lowest BCUT2D eigenvalue weighted by molar-refractivity contribution is -0.133. The summed E-state index contributed by atoms with van der Waals surface area (Å²) in [6.07, 6.45) is 3.95. The highest BCUT2D eigenvalue weighted by atomic mass is 16.5. The van der Waals surface area contributed by atoms with Crippen molar-refractivity contribution in [3.05, 3.63) is 95.6 Å². The van der Waals surface area contributed by atoms with Crippen molar-refractivity contribution in [2.45, 2.75) is 58.7 Å². The molecule has 3 atom stereocenters. The Hall–Kier alpha value is -2.74. The number of fused-ring (bicyclic) bond motifs is 2. The van der Waals surface area contributed by atoms with Crippen molar-refractivity contribution in [3.63, 3.8) is 0 Å². The van der Waals surface area contributed by atoms with Crippen molar-refractivity contribution in [1.82, 2.24) is 0 Å². The molecule has 0 amide bonds. The van der Waals surface area contributed by atoms with Gasteiger partial charge in [-0.05, 0) is 65.3 Å². The van der Waals surface area contributed by atoms with Crippen LogP contribution in [0.3, 0.4) is 0 Å². The van der Waals surface area contributed by atoms with E-state index in [1.807, 2.05) is 12.1 Å². The van der Waals surface area contributed by atoms with Crippen molar-refractivity contribution < 1.29 is 9.47 Å². The smallest absolute Gasteiger partial charge is 0.123 e. The molecule has 6 rings (SSSR count). The van der Waals surface area contributed by atoms with Crippen molar-refractivity contribution in [2.24, 2.45) is 17.3 Å². The van der Waals surface area contributed by atoms with Crippen LogP contribution in [0.4, 0.5) is 0 Å². The standard InChI is InChI=1S/C30H34O2/c1-22-14-15-25-19-30(22,29(25,2)3)26-16-27(31-20-23-10-6-4-7-11-23)18-28(17-26)32-21-24-12-8-5-9-13-24/h4-13,16-18,22,25H,14-15,19-21H2,1-3H3. The lowest BCUT2D eigenvalue weighted by Crippen LogP contribution is -2.64. The molecular formula is C30H34O2. The number of ether oxygens (including phenoxy) is 2. The average Bonchev–Trinajstić information content (AvgIpc) is 2.82. The molecule has 3 aromatic rings. The van der Waals surface area contributed by atoms with Gasteiger partial charge in [-0.15, -0.1) is 0 Å². The van der Waals surface area contributed by atoms with Crippen molar-refractivity contribution in [3.8, 4) is 11.5 Å². The van der Waals surface area contributed by atoms with Crippen LogP contribution in [0.5, 0.6) is 11.5 Å². The van der Waals surface area contributed by atoms with Crippen LogP contribution in [0.1, 0.15) is 56.7 Å². The predicted octanol–water partition coefficient (Wildman–Crippen LogP) is 7.56. The molecule has 2 heteroatoms. The van der Waals surface area contributed by atoms with Crippen molar-refractivity contribution in [2.75, 3.05) is 0 Å². The molecule has 166 valence electrons. The Kier molecular flexibility index (Phi) is 5.49. The van der Waals surface area contributed by atoms with E-state index in [2.05, 4.69) is 87.5 Å². The Morgan fingerprint density at radius 1 is 0.750 bits per heavy atom. The molecule has 2 nitrogen and oxygen atoms in total. The van der Waals surface area contributed by atoms with E-state index >= 15 is 0 Å². The Bertz CT molecular complexity index is 995. The maximum absolute atomic E-state index is 6.30. The summed E-state index contributed by atoms with van der Waals surface area (Å²) in [5.74, 6) is 3.29. The van der Waals surface area contributed by atoms with Gasteiger partial charge in [-0.3, -0.25) is 0 Å². The second-order valence-corrected chi connectivity index (χ2v) is 10.3. The normalized spacial score (nSPS) is 25.6. The van der Waals surface area contributed by atoms with Crippen molar-refractivity contribution >= 4 is 0 Å². The second-order valence-electron chi connectivity index (χ2n) is 10.3. The molecule has 3 unspecified atom stereocenters. The van der Waals surface area contributed by atoms with Crippen molar-refractivity contribution in [1.29, 1.82) is 0 Å². The molecule has 3 fully saturated rings. The number of rotatable bonds is 7. The summed E-state index contributed by atoms with van der Waals surface area (Å²) in [6, 6.07) is 27.4. The molecule has 0 N–H and O–H groups in total. The molecule has 0 heterocycles. The van der Waals surface area contributed by atoms with E-state index in [-0.39, 0.29) is 5.41 Å². The van der Waals surface area contributed by atoms with Gasteiger partial charge in [0, 0.05) is 11.5 Å². The molecule has 0 aliphatic heterocycles. The summed E-state index contributed by atoms with van der Waals surface area (Å²) in [4.78, 5) is 0. The molecule has 32 heavy (non-hydrogen) atoms. The van der Waals surface area contributed by atoms with Crippen LogP contribution in [0.2, 0.25) is 0 Å². The summed E-state index contributed by atoms with van der Waals surface area (Å²) in [5, 5.41) is 0. The fourth-order valence-corrected chi connectivity index (χ4v) is 6.39. The van der Waals surface area contributed by atoms with Gasteiger partial charge in [0.25, 0.3) is 0 Å². The minimum absolute atomic E-state index is 0.201. The van der Waals surface area contributed by atoms with E-state index in [1.54, 1.807) is 0 Å². The maximum Gasteiger partial charge on any atom is 0.123 e. The predicted molar refractivity (Wildman–Crippen MR) is 130 cm³/mol. The van der Waals surface area contributed by atoms with Crippen LogP contribution in [0.15, 0.2) is 78.9 Å². The average molecular weight is 427 g/mol. The van der Waals surface area contributed by atoms with E-state index in [1.165, 1.54) is 36.0 Å². The van der Waals surface area contributed by atoms with Crippen LogP contribution in [-0.2, 0) is 18.6 Å². The SMILES string of the molecule is CC1CCC2CC1(c1cc(OCc3ccccc3)cc(OCc3ccccc3)c1)C2(C)C. The molecule has 3 aliphatic carbocycles. The first-order valence-corrected chi connectivity index (χ1v) is 12.0. The van der Waals surface area contributed by atoms with Crippen LogP contribution in [-0.4, -0.2) is 0 Å². The minimum atomic E-state index is 0.201. The summed E-state index contributed by atoms with van der Waals surface area (Å²) in [7, 11) is 0. The van der Waals surface area contributed by atoms with Gasteiger partial charge in [0.1, 0.15) is 24.7 Å². The molecular weight excluding hydrogens is 392 g/mol. The van der Waals surface area contributed by atoms with Crippen LogP contribution >= 0.6 is 0 Å². The van der Waals surface area contributed by atoms with E-state index < -0.39 is 0 Å². The first kappa shape index (κ1) is 21.1. The summed E-state index contributed by atoms with van der Waals surface area (Å²) < 4.78 is 12.6. The highest BCUT2D eigenvalue weighted by molar-refractivity contribution is 5.46. The van der Waals surface area contributed by atoms with E-state index in [4.69, 9.17) is 9.47 Å². The Morgan fingerprint density at radius 2 is 1.28 bits per heavy atom. The fraction of sp³-hybridized carbons (Fsp3) is 0.400. The van der Waals surface area contributed by atoms with Gasteiger partial charge < -0.3 is 9.47 Å². The molecule has 0 aromatic heterocycles. The van der Waals surface area contributed by atoms with Gasteiger partial charge in [-0.25, -0.2) is 0 Å². The third-order valence-electron chi connectivity index (χ3n) is 8.42. The summed E-state index contributed by atoms with van der Waals surface area (Å²) in [5.41, 5.74) is 4.25. The molecule has 0 spiro atoms. The largest absolute Gasteiger partial charge is 0.489 e. The zero-order valence-electron chi connectivity index (χ0n) is 19.5. The summed E-state index contributed by atoms with van der Waals surface area (Å²) >= 11 is 0. The molecule has 2 bridgehead atoms. The van der Waals surface area contributed by atoms with Crippen LogP contribution < -0.4 is 9.47 Å². The lowest BCUT2D eigenvalue weighted by atomic mass is 9.35. The van der Waals surface area contributed by atoms with Gasteiger partial charge >= 0.3 is 0 Å². The quantitative estimate of drug-likeness (QED) is 0.388. The topological polar surface area (TPSA) is 18.5 Å². The third kappa shape index (κ3) is 3.60. The van der Waals surface area contributed by atoms with Gasteiger partial charge in [-0.1, -0.05) is 81.4 Å². The minimum Gasteiger partial charge on any atom is -0.489 e. The molecule has 0 radical (unpaired) electrons. The highest BCUT2D eigenvalue weighted by Gasteiger charge is 2.65. The highest BCUT2D eigenvalue weighted by Crippen LogP contribution is 2.70. The first-order chi connectivity index (χ1) is 15.5. The van der Waals surface area contributed by atoms with Crippen LogP contribution in [0.25, 0.3) is 0 Å². The van der Waals surface area contributed by atoms with Crippen LogP contribution in [0, 0.1) is 17.3 Å². The monoisotopic (exact) mass is 426 g/mol. The third-order valence-corrected chi connectivity index (χ3v) is 8.42. The lowest BCUT2D eigenvalue weighted by Gasteiger charge is -2.69. The van der Waals surface area contributed by atoms with E-state index in [0.29, 0.717) is 24.5 Å². The van der Waals surface area contributed by atoms with Gasteiger partial charge in [0.2, 0.25) is 0 Å². The van der Waals surface area contributed by atoms with E-state index in [0.717, 1.165) is 17.4 Å². The Labute approximate surface area is 192 Å². The molecule has 0 saturated heterocycles. The second kappa shape index (κ2) is 8.31. The van der Waals surface area contributed by atoms with Gasteiger partial charge in [0.15, 0.2) is 0 Å². The molecule has 3 saturated carbocycles. The van der Waals surface area contributed by atoms with Gasteiger partial charge in [-0.2, -0.15) is 0 Å². The zero-order valence-corrected chi connectivity index (χ0v) is 19.5. The molecule has 3 aromatic carbocycles.